The Labute approximate surface area is 202 Å². The fourth-order valence-electron chi connectivity index (χ4n) is 3.95. The van der Waals surface area contributed by atoms with Crippen molar-refractivity contribution in [1.29, 1.82) is 0 Å². The normalized spacial score (nSPS) is 12.5. The van der Waals surface area contributed by atoms with Gasteiger partial charge < -0.3 is 13.9 Å². The molecule has 5 nitrogen and oxygen atoms in total. The number of hydrogen-bond donors (Lipinski definition) is 0. The van der Waals surface area contributed by atoms with Crippen LogP contribution in [-0.4, -0.2) is 25.0 Å². The monoisotopic (exact) mass is 464 g/mol. The van der Waals surface area contributed by atoms with Crippen LogP contribution in [0.15, 0.2) is 46.9 Å². The summed E-state index contributed by atoms with van der Waals surface area (Å²) in [5.41, 5.74) is 3.82. The zero-order valence-electron chi connectivity index (χ0n) is 21.2. The fraction of sp³-hybridized carbons (Fsp3) is 0.448. The Morgan fingerprint density at radius 2 is 1.79 bits per heavy atom. The van der Waals surface area contributed by atoms with Crippen molar-refractivity contribution in [1.82, 2.24) is 0 Å². The molecule has 0 amide bonds. The third kappa shape index (κ3) is 6.28. The molecule has 3 rings (SSSR count). The lowest BCUT2D eigenvalue weighted by Crippen LogP contribution is -2.26. The molecular formula is C29H36O5. The highest BCUT2D eigenvalue weighted by molar-refractivity contribution is 5.92. The fourth-order valence-corrected chi connectivity index (χ4v) is 3.95. The molecule has 0 N–H and O–H groups in total. The molecule has 0 saturated carbocycles. The predicted octanol–water partition coefficient (Wildman–Crippen LogP) is 7.04. The minimum atomic E-state index is -0.433. The van der Waals surface area contributed by atoms with Gasteiger partial charge in [0.15, 0.2) is 5.78 Å². The zero-order valence-corrected chi connectivity index (χ0v) is 21.2. The number of aryl methyl sites for hydroxylation is 2. The van der Waals surface area contributed by atoms with E-state index in [-0.39, 0.29) is 18.2 Å². The van der Waals surface area contributed by atoms with E-state index in [9.17, 15) is 9.59 Å². The number of carbonyl (C=O) groups is 2. The highest BCUT2D eigenvalue weighted by Crippen LogP contribution is 2.30. The molecule has 182 valence electrons. The highest BCUT2D eigenvalue weighted by atomic mass is 16.5. The van der Waals surface area contributed by atoms with Gasteiger partial charge in [-0.2, -0.15) is 0 Å². The van der Waals surface area contributed by atoms with Gasteiger partial charge in [-0.25, -0.2) is 4.79 Å². The van der Waals surface area contributed by atoms with Gasteiger partial charge in [0.25, 0.3) is 0 Å². The second-order valence-corrected chi connectivity index (χ2v) is 9.83. The van der Waals surface area contributed by atoms with E-state index in [1.165, 1.54) is 11.1 Å². The van der Waals surface area contributed by atoms with Gasteiger partial charge in [-0.3, -0.25) is 4.79 Å². The summed E-state index contributed by atoms with van der Waals surface area (Å²) in [6.45, 7) is 12.1. The summed E-state index contributed by atoms with van der Waals surface area (Å²) in [5, 5.41) is 0.913. The average Bonchev–Trinajstić information content (AvgIpc) is 3.22. The third-order valence-electron chi connectivity index (χ3n) is 6.20. The van der Waals surface area contributed by atoms with Gasteiger partial charge in [-0.15, -0.1) is 0 Å². The minimum Gasteiger partial charge on any atom is -0.486 e. The standard InChI is InChI=1S/C29H36O5/c1-7-21(22-12-14-24(19(3)15-22)33-18-27(30)29(4,5)6)11-9-20-10-13-25-23(16-20)17-26(34-25)28(31)32-8-2/h10,12-17,21H,7-9,11,18H2,1-6H3. The van der Waals surface area contributed by atoms with Gasteiger partial charge in [-0.05, 0) is 80.0 Å². The van der Waals surface area contributed by atoms with Crippen LogP contribution in [0, 0.1) is 12.3 Å². The van der Waals surface area contributed by atoms with Gasteiger partial charge in [0, 0.05) is 10.8 Å². The summed E-state index contributed by atoms with van der Waals surface area (Å²) in [4.78, 5) is 24.1. The number of hydrogen-bond acceptors (Lipinski definition) is 5. The lowest BCUT2D eigenvalue weighted by molar-refractivity contribution is -0.128. The Balaban J connectivity index is 1.65. The maximum Gasteiger partial charge on any atom is 0.374 e. The summed E-state index contributed by atoms with van der Waals surface area (Å²) in [6.07, 6.45) is 2.96. The van der Waals surface area contributed by atoms with Crippen molar-refractivity contribution in [3.63, 3.8) is 0 Å². The van der Waals surface area contributed by atoms with Crippen LogP contribution in [0.25, 0.3) is 11.0 Å². The van der Waals surface area contributed by atoms with E-state index in [1.54, 1.807) is 13.0 Å². The largest absolute Gasteiger partial charge is 0.486 e. The lowest BCUT2D eigenvalue weighted by Gasteiger charge is -2.19. The molecule has 34 heavy (non-hydrogen) atoms. The molecule has 0 aliphatic carbocycles. The Morgan fingerprint density at radius 3 is 2.44 bits per heavy atom. The van der Waals surface area contributed by atoms with Gasteiger partial charge in [0.1, 0.15) is 17.9 Å². The number of rotatable bonds is 10. The maximum absolute atomic E-state index is 12.2. The Morgan fingerprint density at radius 1 is 1.03 bits per heavy atom. The molecule has 1 aromatic heterocycles. The number of fused-ring (bicyclic) bond motifs is 1. The van der Waals surface area contributed by atoms with Crippen molar-refractivity contribution in [2.45, 2.75) is 66.7 Å². The van der Waals surface area contributed by atoms with E-state index in [0.717, 1.165) is 36.0 Å². The van der Waals surface area contributed by atoms with Crippen molar-refractivity contribution in [3.8, 4) is 5.75 Å². The van der Waals surface area contributed by atoms with Crippen molar-refractivity contribution >= 4 is 22.7 Å². The number of furan rings is 1. The van der Waals surface area contributed by atoms with E-state index in [0.29, 0.717) is 18.1 Å². The van der Waals surface area contributed by atoms with Crippen LogP contribution in [0.1, 0.15) is 80.6 Å². The van der Waals surface area contributed by atoms with Gasteiger partial charge in [-0.1, -0.05) is 45.9 Å². The van der Waals surface area contributed by atoms with Gasteiger partial charge >= 0.3 is 5.97 Å². The third-order valence-corrected chi connectivity index (χ3v) is 6.20. The molecular weight excluding hydrogens is 428 g/mol. The second kappa shape index (κ2) is 10.9. The molecule has 0 saturated heterocycles. The van der Waals surface area contributed by atoms with Crippen LogP contribution >= 0.6 is 0 Å². The zero-order chi connectivity index (χ0) is 24.9. The van der Waals surface area contributed by atoms with Gasteiger partial charge in [0.05, 0.1) is 6.61 Å². The van der Waals surface area contributed by atoms with E-state index in [1.807, 2.05) is 39.8 Å². The molecule has 0 spiro atoms. The highest BCUT2D eigenvalue weighted by Gasteiger charge is 2.22. The maximum atomic E-state index is 12.2. The summed E-state index contributed by atoms with van der Waals surface area (Å²) in [5.74, 6) is 1.07. The molecule has 0 radical (unpaired) electrons. The van der Waals surface area contributed by atoms with E-state index in [4.69, 9.17) is 13.9 Å². The number of ketones is 1. The molecule has 5 heteroatoms. The molecule has 3 aromatic rings. The minimum absolute atomic E-state index is 0.0892. The van der Waals surface area contributed by atoms with E-state index in [2.05, 4.69) is 31.2 Å². The molecule has 0 aliphatic heterocycles. The molecule has 0 aliphatic rings. The lowest BCUT2D eigenvalue weighted by atomic mass is 9.89. The number of ether oxygens (including phenoxy) is 2. The molecule has 0 bridgehead atoms. The average molecular weight is 465 g/mol. The van der Waals surface area contributed by atoms with Crippen LogP contribution in [-0.2, 0) is 16.0 Å². The predicted molar refractivity (Wildman–Crippen MR) is 135 cm³/mol. The quantitative estimate of drug-likeness (QED) is 0.301. The van der Waals surface area contributed by atoms with Crippen molar-refractivity contribution < 1.29 is 23.5 Å². The van der Waals surface area contributed by atoms with Crippen molar-refractivity contribution in [3.05, 3.63) is 64.9 Å². The summed E-state index contributed by atoms with van der Waals surface area (Å²) in [6, 6.07) is 14.1. The number of Topliss-reactive ketones (excluding diaryl/α,β-unsaturated/α-hetero) is 1. The van der Waals surface area contributed by atoms with Gasteiger partial charge in [0.2, 0.25) is 5.76 Å². The second-order valence-electron chi connectivity index (χ2n) is 9.83. The van der Waals surface area contributed by atoms with Crippen molar-refractivity contribution in [2.24, 2.45) is 5.41 Å². The summed E-state index contributed by atoms with van der Waals surface area (Å²) < 4.78 is 16.5. The van der Waals surface area contributed by atoms with E-state index >= 15 is 0 Å². The van der Waals surface area contributed by atoms with Crippen molar-refractivity contribution in [2.75, 3.05) is 13.2 Å². The SMILES string of the molecule is CCOC(=O)c1cc2cc(CCC(CC)c3ccc(OCC(=O)C(C)(C)C)c(C)c3)ccc2o1. The smallest absolute Gasteiger partial charge is 0.374 e. The summed E-state index contributed by atoms with van der Waals surface area (Å²) >= 11 is 0. The van der Waals surface area contributed by atoms with E-state index < -0.39 is 11.4 Å². The first-order chi connectivity index (χ1) is 16.1. The molecule has 0 fully saturated rings. The Hall–Kier alpha value is -3.08. The Bertz CT molecular complexity index is 1150. The number of benzene rings is 2. The number of carbonyl (C=O) groups excluding carboxylic acids is 2. The molecule has 2 aromatic carbocycles. The summed E-state index contributed by atoms with van der Waals surface area (Å²) in [7, 11) is 0. The van der Waals surface area contributed by atoms with Crippen LogP contribution in [0.5, 0.6) is 5.75 Å². The first-order valence-corrected chi connectivity index (χ1v) is 12.1. The van der Waals surface area contributed by atoms with Crippen LogP contribution in [0.3, 0.4) is 0 Å². The first-order valence-electron chi connectivity index (χ1n) is 12.1. The first kappa shape index (κ1) is 25.5. The molecule has 1 atom stereocenters. The van der Waals surface area contributed by atoms with Crippen LogP contribution in [0.4, 0.5) is 0 Å². The topological polar surface area (TPSA) is 65.7 Å². The Kier molecular flexibility index (Phi) is 8.19. The molecule has 1 heterocycles. The van der Waals surface area contributed by atoms with Crippen LogP contribution in [0.2, 0.25) is 0 Å². The van der Waals surface area contributed by atoms with Crippen LogP contribution < -0.4 is 4.74 Å². The number of esters is 1. The molecule has 1 unspecified atom stereocenters.